The second-order valence-corrected chi connectivity index (χ2v) is 7.53. The number of carbonyl (C=O) groups excluding carboxylic acids is 6. The fourth-order valence-electron chi connectivity index (χ4n) is 3.57. The average Bonchev–Trinajstić information content (AvgIpc) is 3.01. The molecule has 2 saturated heterocycles. The number of likely N-dealkylation sites (tertiary alicyclic amines) is 1. The predicted molar refractivity (Wildman–Crippen MR) is 106 cm³/mol. The Morgan fingerprint density at radius 2 is 1.52 bits per heavy atom. The number of esters is 3. The van der Waals surface area contributed by atoms with Crippen LogP contribution in [0.5, 0.6) is 0 Å². The van der Waals surface area contributed by atoms with Crippen molar-refractivity contribution in [1.82, 2.24) is 10.2 Å². The van der Waals surface area contributed by atoms with Gasteiger partial charge in [0.15, 0.2) is 18.5 Å². The predicted octanol–water partition coefficient (Wildman–Crippen LogP) is -1.19. The number of amides is 3. The summed E-state index contributed by atoms with van der Waals surface area (Å²) in [5, 5.41) is 2.56. The minimum Gasteiger partial charge on any atom is -0.463 e. The first kappa shape index (κ1) is 26.2. The lowest BCUT2D eigenvalue weighted by Crippen LogP contribution is -2.66. The van der Waals surface area contributed by atoms with Gasteiger partial charge in [-0.15, -0.1) is 0 Å². The highest BCUT2D eigenvalue weighted by Gasteiger charge is 2.51. The molecule has 2 aliphatic heterocycles. The zero-order valence-electron chi connectivity index (χ0n) is 18.9. The van der Waals surface area contributed by atoms with Gasteiger partial charge in [-0.1, -0.05) is 0 Å². The molecular formula is C20H28N2O11. The lowest BCUT2D eigenvalue weighted by atomic mass is 9.96. The van der Waals surface area contributed by atoms with Crippen molar-refractivity contribution >= 4 is 35.6 Å². The number of ether oxygens (including phenoxy) is 5. The molecule has 0 aliphatic carbocycles. The SMILES string of the molecule is CC(=O)N[C@H]1[C@@H](OCCN2C(=O)CCC2=O)O[C@@H](COC(C)=O)[C@@H](OC(C)=O)[C@@H]1OC(C)=O. The highest BCUT2D eigenvalue weighted by molar-refractivity contribution is 6.01. The molecule has 0 radical (unpaired) electrons. The van der Waals surface area contributed by atoms with Crippen LogP contribution in [-0.4, -0.2) is 90.9 Å². The van der Waals surface area contributed by atoms with Crippen LogP contribution in [0, 0.1) is 0 Å². The number of hydrogen-bond acceptors (Lipinski definition) is 11. The summed E-state index contributed by atoms with van der Waals surface area (Å²) >= 11 is 0. The fourth-order valence-corrected chi connectivity index (χ4v) is 3.57. The lowest BCUT2D eigenvalue weighted by molar-refractivity contribution is -0.277. The Labute approximate surface area is 190 Å². The molecule has 1 N–H and O–H groups in total. The van der Waals surface area contributed by atoms with E-state index in [1.807, 2.05) is 0 Å². The van der Waals surface area contributed by atoms with Gasteiger partial charge >= 0.3 is 17.9 Å². The highest BCUT2D eigenvalue weighted by atomic mass is 16.7. The first-order valence-electron chi connectivity index (χ1n) is 10.3. The quantitative estimate of drug-likeness (QED) is 0.244. The molecule has 0 aromatic heterocycles. The van der Waals surface area contributed by atoms with Gasteiger partial charge in [0.2, 0.25) is 17.7 Å². The van der Waals surface area contributed by atoms with Gasteiger partial charge in [0.05, 0.1) is 13.2 Å². The molecule has 0 aromatic rings. The first-order valence-corrected chi connectivity index (χ1v) is 10.3. The zero-order valence-corrected chi connectivity index (χ0v) is 18.9. The minimum absolute atomic E-state index is 0.0511. The van der Waals surface area contributed by atoms with Crippen LogP contribution >= 0.6 is 0 Å². The Kier molecular flexibility index (Phi) is 9.29. The summed E-state index contributed by atoms with van der Waals surface area (Å²) in [5.74, 6) is -3.25. The van der Waals surface area contributed by atoms with Gasteiger partial charge in [-0.2, -0.15) is 0 Å². The molecule has 0 spiro atoms. The molecule has 13 nitrogen and oxygen atoms in total. The molecule has 13 heteroatoms. The molecule has 0 saturated carbocycles. The number of nitrogens with zero attached hydrogens (tertiary/aromatic N) is 1. The van der Waals surface area contributed by atoms with Crippen molar-refractivity contribution < 1.29 is 52.5 Å². The number of rotatable bonds is 9. The maximum Gasteiger partial charge on any atom is 0.303 e. The van der Waals surface area contributed by atoms with E-state index in [1.165, 1.54) is 13.8 Å². The molecule has 2 rings (SSSR count). The van der Waals surface area contributed by atoms with Crippen molar-refractivity contribution in [2.45, 2.75) is 71.2 Å². The molecule has 0 unspecified atom stereocenters. The summed E-state index contributed by atoms with van der Waals surface area (Å²) in [4.78, 5) is 71.3. The van der Waals surface area contributed by atoms with Crippen LogP contribution in [0.3, 0.4) is 0 Å². The van der Waals surface area contributed by atoms with Crippen LogP contribution in [0.2, 0.25) is 0 Å². The molecule has 5 atom stereocenters. The van der Waals surface area contributed by atoms with Crippen molar-refractivity contribution in [3.8, 4) is 0 Å². The molecule has 184 valence electrons. The van der Waals surface area contributed by atoms with E-state index < -0.39 is 54.5 Å². The second-order valence-electron chi connectivity index (χ2n) is 7.53. The zero-order chi connectivity index (χ0) is 24.7. The van der Waals surface area contributed by atoms with E-state index in [0.29, 0.717) is 0 Å². The van der Waals surface area contributed by atoms with Gasteiger partial charge in [-0.05, 0) is 0 Å². The Bertz CT molecular complexity index is 783. The van der Waals surface area contributed by atoms with E-state index in [0.717, 1.165) is 18.7 Å². The van der Waals surface area contributed by atoms with Crippen molar-refractivity contribution in [2.24, 2.45) is 0 Å². The van der Waals surface area contributed by atoms with Crippen molar-refractivity contribution in [1.29, 1.82) is 0 Å². The normalized spacial score (nSPS) is 27.2. The lowest BCUT2D eigenvalue weighted by Gasteiger charge is -2.45. The highest BCUT2D eigenvalue weighted by Crippen LogP contribution is 2.28. The van der Waals surface area contributed by atoms with Crippen LogP contribution < -0.4 is 5.32 Å². The summed E-state index contributed by atoms with van der Waals surface area (Å²) in [5.41, 5.74) is 0. The van der Waals surface area contributed by atoms with E-state index in [9.17, 15) is 28.8 Å². The molecular weight excluding hydrogens is 444 g/mol. The summed E-state index contributed by atoms with van der Waals surface area (Å²) in [6.45, 7) is 4.09. The second kappa shape index (κ2) is 11.7. The fraction of sp³-hybridized carbons (Fsp3) is 0.700. The number of imide groups is 1. The minimum atomic E-state index is -1.25. The topological polar surface area (TPSA) is 164 Å². The van der Waals surface area contributed by atoms with Crippen LogP contribution in [0.4, 0.5) is 0 Å². The number of carbonyl (C=O) groups is 6. The Hall–Kier alpha value is -3.06. The van der Waals surface area contributed by atoms with Gasteiger partial charge in [0.25, 0.3) is 0 Å². The summed E-state index contributed by atoms with van der Waals surface area (Å²) in [7, 11) is 0. The smallest absolute Gasteiger partial charge is 0.303 e. The largest absolute Gasteiger partial charge is 0.463 e. The van der Waals surface area contributed by atoms with Gasteiger partial charge in [0, 0.05) is 40.5 Å². The van der Waals surface area contributed by atoms with Crippen LogP contribution in [0.1, 0.15) is 40.5 Å². The van der Waals surface area contributed by atoms with E-state index in [4.69, 9.17) is 23.7 Å². The Morgan fingerprint density at radius 3 is 2.03 bits per heavy atom. The third-order valence-corrected chi connectivity index (χ3v) is 4.82. The summed E-state index contributed by atoms with van der Waals surface area (Å²) < 4.78 is 27.2. The van der Waals surface area contributed by atoms with Crippen molar-refractivity contribution in [3.63, 3.8) is 0 Å². The van der Waals surface area contributed by atoms with Crippen LogP contribution in [0.25, 0.3) is 0 Å². The van der Waals surface area contributed by atoms with Crippen molar-refractivity contribution in [2.75, 3.05) is 19.8 Å². The number of nitrogens with one attached hydrogen (secondary N) is 1. The van der Waals surface area contributed by atoms with E-state index in [1.54, 1.807) is 0 Å². The third kappa shape index (κ3) is 7.49. The Morgan fingerprint density at radius 1 is 0.939 bits per heavy atom. The van der Waals surface area contributed by atoms with Gasteiger partial charge in [-0.25, -0.2) is 0 Å². The molecule has 2 heterocycles. The summed E-state index contributed by atoms with van der Waals surface area (Å²) in [6, 6.07) is -1.12. The molecule has 33 heavy (non-hydrogen) atoms. The van der Waals surface area contributed by atoms with E-state index >= 15 is 0 Å². The number of hydrogen-bond donors (Lipinski definition) is 1. The molecule has 0 aromatic carbocycles. The summed E-state index contributed by atoms with van der Waals surface area (Å²) in [6.07, 6.45) is -4.59. The monoisotopic (exact) mass is 472 g/mol. The maximum absolute atomic E-state index is 11.8. The molecule has 2 fully saturated rings. The molecule has 3 amide bonds. The van der Waals surface area contributed by atoms with Gasteiger partial charge < -0.3 is 29.0 Å². The van der Waals surface area contributed by atoms with Crippen LogP contribution in [-0.2, 0) is 52.5 Å². The van der Waals surface area contributed by atoms with Crippen molar-refractivity contribution in [3.05, 3.63) is 0 Å². The molecule has 0 bridgehead atoms. The van der Waals surface area contributed by atoms with Gasteiger partial charge in [-0.3, -0.25) is 33.7 Å². The molecule has 2 aliphatic rings. The maximum atomic E-state index is 11.8. The van der Waals surface area contributed by atoms with Gasteiger partial charge in [0.1, 0.15) is 18.8 Å². The first-order chi connectivity index (χ1) is 15.5. The Balaban J connectivity index is 2.27. The van der Waals surface area contributed by atoms with Crippen LogP contribution in [0.15, 0.2) is 0 Å². The van der Waals surface area contributed by atoms with E-state index in [2.05, 4.69) is 5.32 Å². The van der Waals surface area contributed by atoms with E-state index in [-0.39, 0.29) is 44.4 Å². The average molecular weight is 472 g/mol. The standard InChI is InChI=1S/C20H28N2O11/c1-10(23)21-17-19(32-13(4)26)18(31-12(3)25)14(9-30-11(2)24)33-20(17)29-8-7-22-15(27)5-6-16(22)28/h14,17-20H,5-9H2,1-4H3,(H,21,23)/t14-,17+,18+,19+,20-/m0/s1. The third-order valence-electron chi connectivity index (χ3n) is 4.82.